The van der Waals surface area contributed by atoms with Gasteiger partial charge in [-0.25, -0.2) is 0 Å². The van der Waals surface area contributed by atoms with Gasteiger partial charge in [-0.1, -0.05) is 65.8 Å². The van der Waals surface area contributed by atoms with E-state index in [-0.39, 0.29) is 0 Å². The van der Waals surface area contributed by atoms with Gasteiger partial charge in [-0.05, 0) is 111 Å². The minimum atomic E-state index is -1.32. The highest BCUT2D eigenvalue weighted by molar-refractivity contribution is 8.73. The van der Waals surface area contributed by atoms with Crippen LogP contribution >= 0.6 is 28.1 Å². The van der Waals surface area contributed by atoms with E-state index in [0.717, 1.165) is 69.9 Å². The zero-order chi connectivity index (χ0) is 35.9. The van der Waals surface area contributed by atoms with E-state index in [9.17, 15) is 0 Å². The van der Waals surface area contributed by atoms with Gasteiger partial charge in [-0.2, -0.15) is 0 Å². The highest BCUT2D eigenvalue weighted by Gasteiger charge is 2.98. The van der Waals surface area contributed by atoms with E-state index in [4.69, 9.17) is 0 Å². The van der Waals surface area contributed by atoms with Gasteiger partial charge in [0.15, 0.2) is 0 Å². The number of rotatable bonds is 10. The van der Waals surface area contributed by atoms with E-state index >= 15 is 0 Å². The molecule has 46 heavy (non-hydrogen) atoms. The Morgan fingerprint density at radius 3 is 0.609 bits per heavy atom. The van der Waals surface area contributed by atoms with Gasteiger partial charge in [-0.3, -0.25) is 0 Å². The first kappa shape index (κ1) is 41.6. The van der Waals surface area contributed by atoms with Crippen molar-refractivity contribution < 1.29 is 0 Å². The van der Waals surface area contributed by atoms with Crippen molar-refractivity contribution in [1.82, 2.24) is 0 Å². The molecule has 2 aliphatic rings. The van der Waals surface area contributed by atoms with E-state index in [1.165, 1.54) is 0 Å². The smallest absolute Gasteiger partial charge is 0.0596 e. The second kappa shape index (κ2) is 13.6. The normalized spacial score (nSPS) is 21.2. The number of benzene rings is 1. The highest BCUT2D eigenvalue weighted by Crippen LogP contribution is 3.04. The Labute approximate surface area is 294 Å². The monoisotopic (exact) mass is 703 g/mol. The molecular formula is C38H78B4P4+4. The zero-order valence-electron chi connectivity index (χ0n) is 35.0. The predicted octanol–water partition coefficient (Wildman–Crippen LogP) is 13.0. The molecule has 8 heteroatoms. The van der Waals surface area contributed by atoms with Crippen molar-refractivity contribution in [1.29, 1.82) is 0 Å². The van der Waals surface area contributed by atoms with E-state index in [1.807, 2.05) is 0 Å². The van der Waals surface area contributed by atoms with Crippen LogP contribution in [0.1, 0.15) is 152 Å². The summed E-state index contributed by atoms with van der Waals surface area (Å²) in [5, 5.41) is 0.707. The molecule has 0 bridgehead atoms. The molecule has 0 aromatic heterocycles. The SMILES string of the molecule is CC(C)[P+]1(C(C)C)B(c2ccc(B3[P+](C(C)C)(C(C)C)B(C(C)(C)C)[P+]3(C(C)C)C(C)C)cc2)[P+](C(C)C)(C(C)C)B1C(C)(C)C. The molecule has 1 aromatic carbocycles. The van der Waals surface area contributed by atoms with Gasteiger partial charge in [0.2, 0.25) is 0 Å². The molecule has 0 nitrogen and oxygen atoms in total. The average molecular weight is 702 g/mol. The van der Waals surface area contributed by atoms with Gasteiger partial charge in [-0.15, -0.1) is 0 Å². The highest BCUT2D eigenvalue weighted by atomic mass is 31.3. The van der Waals surface area contributed by atoms with E-state index in [1.54, 1.807) is 10.9 Å². The van der Waals surface area contributed by atoms with Gasteiger partial charge in [0, 0.05) is 94.9 Å². The first-order chi connectivity index (χ1) is 20.7. The molecule has 258 valence electrons. The molecule has 0 atom stereocenters. The molecular weight excluding hydrogens is 624 g/mol. The minimum Gasteiger partial charge on any atom is -0.0596 e. The third-order valence-corrected chi connectivity index (χ3v) is 48.6. The van der Waals surface area contributed by atoms with Crippen molar-refractivity contribution in [3.05, 3.63) is 24.3 Å². The fourth-order valence-electron chi connectivity index (χ4n) is 13.2. The quantitative estimate of drug-likeness (QED) is 0.168. The molecule has 0 amide bonds. The lowest BCUT2D eigenvalue weighted by Gasteiger charge is -2.62. The van der Waals surface area contributed by atoms with Crippen molar-refractivity contribution in [2.24, 2.45) is 0 Å². The molecule has 1 aromatic rings. The molecule has 0 spiro atoms. The van der Waals surface area contributed by atoms with Crippen LogP contribution in [0.25, 0.3) is 0 Å². The summed E-state index contributed by atoms with van der Waals surface area (Å²) in [4.78, 5) is 0. The van der Waals surface area contributed by atoms with Crippen LogP contribution in [0.3, 0.4) is 0 Å². The largest absolute Gasteiger partial charge is 0.534 e. The zero-order valence-corrected chi connectivity index (χ0v) is 38.6. The average Bonchev–Trinajstić information content (AvgIpc) is 2.81. The van der Waals surface area contributed by atoms with Gasteiger partial charge in [0.05, 0.1) is 0 Å². The van der Waals surface area contributed by atoms with Crippen LogP contribution in [-0.4, -0.2) is 69.9 Å². The standard InChI is InChI=1S/C38H78B4P4/c1-27(2)43(28(3)4)39(44(29(5)6,30(7)8)41(43)37(17,18)19)35-23-25-36(26-24-35)40-45(31(9)10,32(11)12)42(38(20,21)22)46(40,33(13)14)34(15)16/h23-34H,1-22H3/q+4. The Hall–Kier alpha value is 1.20. The van der Waals surface area contributed by atoms with Gasteiger partial charge in [0.1, 0.15) is 0 Å². The lowest BCUT2D eigenvalue weighted by molar-refractivity contribution is 0.753. The summed E-state index contributed by atoms with van der Waals surface area (Å²) in [5.41, 5.74) is 9.63. The summed E-state index contributed by atoms with van der Waals surface area (Å²) >= 11 is 0. The van der Waals surface area contributed by atoms with Crippen LogP contribution in [0.15, 0.2) is 24.3 Å². The summed E-state index contributed by atoms with van der Waals surface area (Å²) in [5.74, 6) is 0. The topological polar surface area (TPSA) is 0 Å². The van der Waals surface area contributed by atoms with Crippen molar-refractivity contribution in [3.8, 4) is 0 Å². The van der Waals surface area contributed by atoms with Gasteiger partial charge in [0.25, 0.3) is 0 Å². The second-order valence-corrected chi connectivity index (χ2v) is 41.4. The molecule has 0 unspecified atom stereocenters. The summed E-state index contributed by atoms with van der Waals surface area (Å²) in [7, 11) is -5.28. The minimum absolute atomic E-state index is 0.353. The third-order valence-electron chi connectivity index (χ3n) is 13.6. The van der Waals surface area contributed by atoms with Gasteiger partial charge >= 0.3 is 24.6 Å². The molecule has 0 saturated carbocycles. The van der Waals surface area contributed by atoms with Crippen molar-refractivity contribution >= 4 is 63.6 Å². The summed E-state index contributed by atoms with van der Waals surface area (Å²) in [6.07, 6.45) is 3.40. The van der Waals surface area contributed by atoms with E-state index < -0.39 is 28.1 Å². The molecule has 0 N–H and O–H groups in total. The molecule has 3 rings (SSSR count). The first-order valence-corrected chi connectivity index (χ1v) is 27.6. The van der Waals surface area contributed by atoms with Crippen molar-refractivity contribution in [2.45, 2.75) is 208 Å². The Morgan fingerprint density at radius 1 is 0.348 bits per heavy atom. The number of hydrogen-bond donors (Lipinski definition) is 0. The first-order valence-electron chi connectivity index (χ1n) is 19.3. The van der Waals surface area contributed by atoms with Crippen LogP contribution in [-0.2, 0) is 0 Å². The third kappa shape index (κ3) is 5.46. The predicted molar refractivity (Wildman–Crippen MR) is 237 cm³/mol. The van der Waals surface area contributed by atoms with Crippen LogP contribution in [0.5, 0.6) is 0 Å². The number of hydrogen-bond acceptors (Lipinski definition) is 0. The maximum atomic E-state index is 2.74. The van der Waals surface area contributed by atoms with Crippen LogP contribution < -0.4 is 10.9 Å². The Balaban J connectivity index is 2.39. The van der Waals surface area contributed by atoms with Crippen LogP contribution in [0.2, 0.25) is 10.6 Å². The maximum Gasteiger partial charge on any atom is 0.534 e. The fourth-order valence-corrected chi connectivity index (χ4v) is 61.3. The Kier molecular flexibility index (Phi) is 12.3. The molecule has 2 fully saturated rings. The summed E-state index contributed by atoms with van der Waals surface area (Å²) < 4.78 is 0. The van der Waals surface area contributed by atoms with Gasteiger partial charge < -0.3 is 0 Å². The summed E-state index contributed by atoms with van der Waals surface area (Å²) in [6.45, 7) is 57.6. The van der Waals surface area contributed by atoms with E-state index in [2.05, 4.69) is 177 Å². The molecule has 0 radical (unpaired) electrons. The molecule has 0 aliphatic carbocycles. The lowest BCUT2D eigenvalue weighted by atomic mass is 9.70. The Bertz CT molecular complexity index is 1010. The van der Waals surface area contributed by atoms with Crippen molar-refractivity contribution in [3.63, 3.8) is 0 Å². The molecule has 2 saturated heterocycles. The van der Waals surface area contributed by atoms with Crippen molar-refractivity contribution in [2.75, 3.05) is 0 Å². The Morgan fingerprint density at radius 2 is 0.500 bits per heavy atom. The van der Waals surface area contributed by atoms with Crippen LogP contribution in [0, 0.1) is 0 Å². The lowest BCUT2D eigenvalue weighted by Crippen LogP contribution is -2.67. The molecule has 2 heterocycles. The summed E-state index contributed by atoms with van der Waals surface area (Å²) in [6, 6.07) is 11.0. The molecule has 2 aliphatic heterocycles. The van der Waals surface area contributed by atoms with Crippen LogP contribution in [0.4, 0.5) is 0 Å². The van der Waals surface area contributed by atoms with E-state index in [0.29, 0.717) is 10.6 Å². The maximum absolute atomic E-state index is 2.74. The fraction of sp³-hybridized carbons (Fsp3) is 0.842. The second-order valence-electron chi connectivity index (χ2n) is 20.2.